The maximum absolute atomic E-state index is 11.6. The molecule has 4 aromatic carbocycles. The van der Waals surface area contributed by atoms with Gasteiger partial charge in [0.1, 0.15) is 11.5 Å². The van der Waals surface area contributed by atoms with Crippen LogP contribution in [0.3, 0.4) is 0 Å². The highest BCUT2D eigenvalue weighted by molar-refractivity contribution is 6.05. The lowest BCUT2D eigenvalue weighted by molar-refractivity contribution is -0.128. The molecule has 204 valence electrons. The number of nitrogens with zero attached hydrogens (tertiary/aromatic N) is 2. The fraction of sp³-hybridized carbons (Fsp3) is 0.0270. The summed E-state index contributed by atoms with van der Waals surface area (Å²) < 4.78 is 10.3. The van der Waals surface area contributed by atoms with Crippen LogP contribution in [0.4, 0.5) is 0 Å². The lowest BCUT2D eigenvalue weighted by Crippen LogP contribution is -2.04. The number of terminal acetylenes is 2. The van der Waals surface area contributed by atoms with E-state index in [4.69, 9.17) is 28.9 Å². The molecule has 0 aromatic heterocycles. The molecule has 4 aromatic rings. The van der Waals surface area contributed by atoms with Gasteiger partial charge in [-0.3, -0.25) is 0 Å². The summed E-state index contributed by atoms with van der Waals surface area (Å²) in [6.07, 6.45) is 10.3. The molecule has 0 spiro atoms. The Morgan fingerprint density at radius 1 is 0.651 bits per heavy atom. The Morgan fingerprint density at radius 3 is 1.40 bits per heavy atom. The molecule has 0 heterocycles. The predicted molar refractivity (Wildman–Crippen MR) is 165 cm³/mol. The van der Waals surface area contributed by atoms with E-state index in [1.807, 2.05) is 96.8 Å². The highest BCUT2D eigenvalue weighted by Gasteiger charge is 2.18. The molecule has 0 aliphatic heterocycles. The lowest BCUT2D eigenvalue weighted by atomic mass is 9.85. The van der Waals surface area contributed by atoms with Gasteiger partial charge in [0.25, 0.3) is 5.70 Å². The first kappa shape index (κ1) is 29.4. The van der Waals surface area contributed by atoms with Gasteiger partial charge in [0.05, 0.1) is 12.6 Å². The Hall–Kier alpha value is -6.60. The maximum Gasteiger partial charge on any atom is 0.389 e. The molecule has 0 saturated carbocycles. The number of allylic oxidation sites excluding steroid dienone is 2. The monoisotopic (exact) mass is 558 g/mol. The number of ether oxygens (including phenoxy) is 2. The Bertz CT molecular complexity index is 1820. The zero-order chi connectivity index (χ0) is 30.8. The molecule has 0 radical (unpaired) electrons. The number of rotatable bonds is 7. The number of esters is 2. The van der Waals surface area contributed by atoms with Gasteiger partial charge in [0.15, 0.2) is 0 Å². The van der Waals surface area contributed by atoms with Crippen LogP contribution in [0.5, 0.6) is 11.5 Å². The smallest absolute Gasteiger partial charge is 0.389 e. The number of nitriles is 1. The summed E-state index contributed by atoms with van der Waals surface area (Å²) in [6.45, 7) is 9.04. The van der Waals surface area contributed by atoms with E-state index >= 15 is 0 Å². The van der Waals surface area contributed by atoms with E-state index in [9.17, 15) is 14.9 Å². The largest absolute Gasteiger partial charge is 0.417 e. The van der Waals surface area contributed by atoms with E-state index in [2.05, 4.69) is 4.85 Å². The molecule has 6 nitrogen and oxygen atoms in total. The first-order valence-corrected chi connectivity index (χ1v) is 12.8. The van der Waals surface area contributed by atoms with Crippen molar-refractivity contribution in [1.29, 1.82) is 5.26 Å². The molecule has 6 heteroatoms. The van der Waals surface area contributed by atoms with E-state index in [0.29, 0.717) is 17.1 Å². The Morgan fingerprint density at radius 2 is 1.02 bits per heavy atom. The molecule has 0 fully saturated rings. The fourth-order valence-corrected chi connectivity index (χ4v) is 4.38. The molecule has 4 rings (SSSR count). The summed E-state index contributed by atoms with van der Waals surface area (Å²) in [5.41, 5.74) is 6.46. The van der Waals surface area contributed by atoms with Crippen LogP contribution in [0.1, 0.15) is 34.7 Å². The summed E-state index contributed by atoms with van der Waals surface area (Å²) >= 11 is 0. The molecular weight excluding hydrogens is 536 g/mol. The number of hydrogen-bond acceptors (Lipinski definition) is 5. The van der Waals surface area contributed by atoms with E-state index in [0.717, 1.165) is 39.0 Å². The van der Waals surface area contributed by atoms with Crippen molar-refractivity contribution in [2.24, 2.45) is 0 Å². The van der Waals surface area contributed by atoms with Gasteiger partial charge in [0.2, 0.25) is 0 Å². The topological polar surface area (TPSA) is 80.8 Å². The summed E-state index contributed by atoms with van der Waals surface area (Å²) in [6, 6.07) is 33.2. The summed E-state index contributed by atoms with van der Waals surface area (Å²) in [4.78, 5) is 26.6. The van der Waals surface area contributed by atoms with E-state index in [1.54, 1.807) is 31.2 Å². The molecule has 0 bridgehead atoms. The molecule has 0 N–H and O–H groups in total. The van der Waals surface area contributed by atoms with Crippen LogP contribution in [0.25, 0.3) is 21.6 Å². The zero-order valence-corrected chi connectivity index (χ0v) is 23.0. The third-order valence-electron chi connectivity index (χ3n) is 6.43. The van der Waals surface area contributed by atoms with Crippen LogP contribution in [-0.4, -0.2) is 11.9 Å². The van der Waals surface area contributed by atoms with Crippen molar-refractivity contribution in [3.05, 3.63) is 148 Å². The molecule has 0 amide bonds. The first-order valence-electron chi connectivity index (χ1n) is 12.8. The van der Waals surface area contributed by atoms with Crippen LogP contribution in [-0.2, 0) is 9.59 Å². The lowest BCUT2D eigenvalue weighted by Gasteiger charge is -2.19. The van der Waals surface area contributed by atoms with Crippen molar-refractivity contribution in [3.63, 3.8) is 0 Å². The van der Waals surface area contributed by atoms with Gasteiger partial charge >= 0.3 is 11.9 Å². The summed E-state index contributed by atoms with van der Waals surface area (Å²) in [5, 5.41) is 9.33. The van der Waals surface area contributed by atoms with Gasteiger partial charge < -0.3 is 9.47 Å². The van der Waals surface area contributed by atoms with E-state index in [-0.39, 0.29) is 5.70 Å². The quantitative estimate of drug-likeness (QED) is 0.0467. The van der Waals surface area contributed by atoms with Gasteiger partial charge in [-0.2, -0.15) is 0 Å². The minimum absolute atomic E-state index is 0.0310. The minimum atomic E-state index is -0.798. The first-order chi connectivity index (χ1) is 20.9. The van der Waals surface area contributed by atoms with E-state index < -0.39 is 11.9 Å². The third-order valence-corrected chi connectivity index (χ3v) is 6.43. The normalized spacial score (nSPS) is 10.4. The van der Waals surface area contributed by atoms with Gasteiger partial charge in [-0.05, 0) is 75.7 Å². The van der Waals surface area contributed by atoms with Gasteiger partial charge in [-0.1, -0.05) is 78.9 Å². The highest BCUT2D eigenvalue weighted by Crippen LogP contribution is 2.38. The SMILES string of the molecule is [C-]#[N+]/C(C#N)=C(/C)c1ccc(C(=C(c2ccc(OC(=O)C#C)cc2)c2ccc(OC(=O)C#C)cc2)c2ccccc2)cc1. The van der Waals surface area contributed by atoms with Crippen molar-refractivity contribution in [3.8, 4) is 42.3 Å². The van der Waals surface area contributed by atoms with Gasteiger partial charge in [-0.25, -0.2) is 19.7 Å². The Labute approximate surface area is 250 Å². The number of carbonyl (C=O) groups excluding carboxylic acids is 2. The average Bonchev–Trinajstić information content (AvgIpc) is 3.05. The highest BCUT2D eigenvalue weighted by atomic mass is 16.5. The molecule has 0 unspecified atom stereocenters. The molecular formula is C37H22N2O4. The van der Waals surface area contributed by atoms with Crippen LogP contribution in [0, 0.1) is 42.6 Å². The summed E-state index contributed by atoms with van der Waals surface area (Å²) in [5.74, 6) is 2.86. The second-order valence-corrected chi connectivity index (χ2v) is 9.01. The molecule has 43 heavy (non-hydrogen) atoms. The van der Waals surface area contributed by atoms with E-state index in [1.165, 1.54) is 0 Å². The second kappa shape index (κ2) is 13.6. The molecule has 0 aliphatic carbocycles. The van der Waals surface area contributed by atoms with Crippen LogP contribution in [0.2, 0.25) is 0 Å². The Kier molecular flexibility index (Phi) is 9.33. The molecule has 0 saturated heterocycles. The standard InChI is InChI=1S/C37H22N2O4/c1-5-34(40)42-31-20-16-29(17-21-31)37(30-18-22-32(23-19-30)43-35(41)6-2)36(27-10-8-7-9-11-27)28-14-12-26(13-15-28)25(3)33(24-38)39-4/h1-2,7-23H,3H3/b33-25-. The van der Waals surface area contributed by atoms with Crippen LogP contribution < -0.4 is 9.47 Å². The van der Waals surface area contributed by atoms with Gasteiger partial charge in [-0.15, -0.1) is 12.8 Å². The fourth-order valence-electron chi connectivity index (χ4n) is 4.38. The van der Waals surface area contributed by atoms with Crippen molar-refractivity contribution >= 4 is 28.7 Å². The van der Waals surface area contributed by atoms with Crippen LogP contribution >= 0.6 is 0 Å². The maximum atomic E-state index is 11.6. The zero-order valence-electron chi connectivity index (χ0n) is 23.0. The molecule has 0 aliphatic rings. The third kappa shape index (κ3) is 6.95. The van der Waals surface area contributed by atoms with Crippen molar-refractivity contribution < 1.29 is 19.1 Å². The van der Waals surface area contributed by atoms with Crippen molar-refractivity contribution in [1.82, 2.24) is 0 Å². The second-order valence-electron chi connectivity index (χ2n) is 9.01. The minimum Gasteiger partial charge on any atom is -0.417 e. The number of benzene rings is 4. The molecule has 0 atom stereocenters. The summed E-state index contributed by atoms with van der Waals surface area (Å²) in [7, 11) is 0. The Balaban J connectivity index is 1.97. The van der Waals surface area contributed by atoms with Crippen molar-refractivity contribution in [2.75, 3.05) is 0 Å². The predicted octanol–water partition coefficient (Wildman–Crippen LogP) is 6.95. The number of hydrogen-bond donors (Lipinski definition) is 0. The van der Waals surface area contributed by atoms with Crippen molar-refractivity contribution in [2.45, 2.75) is 6.92 Å². The van der Waals surface area contributed by atoms with Crippen LogP contribution in [0.15, 0.2) is 109 Å². The number of carbonyl (C=O) groups is 2. The van der Waals surface area contributed by atoms with Gasteiger partial charge in [0, 0.05) is 11.8 Å². The average molecular weight is 559 g/mol.